The third kappa shape index (κ3) is 3.49. The van der Waals surface area contributed by atoms with Crippen molar-refractivity contribution >= 4 is 5.69 Å². The highest BCUT2D eigenvalue weighted by Crippen LogP contribution is 2.25. The Hall–Kier alpha value is -1.02. The van der Waals surface area contributed by atoms with E-state index in [0.29, 0.717) is 0 Å². The molecule has 1 saturated carbocycles. The summed E-state index contributed by atoms with van der Waals surface area (Å²) in [6.45, 7) is 5.45. The predicted octanol–water partition coefficient (Wildman–Crippen LogP) is 3.49. The molecule has 0 aromatic heterocycles. The van der Waals surface area contributed by atoms with E-state index >= 15 is 0 Å². The van der Waals surface area contributed by atoms with Gasteiger partial charge in [-0.1, -0.05) is 18.6 Å². The van der Waals surface area contributed by atoms with Crippen LogP contribution < -0.4 is 10.6 Å². The third-order valence-corrected chi connectivity index (χ3v) is 4.17. The van der Waals surface area contributed by atoms with Crippen LogP contribution in [0.5, 0.6) is 0 Å². The van der Waals surface area contributed by atoms with Crippen molar-refractivity contribution in [3.8, 4) is 0 Å². The Bertz CT molecular complexity index is 387. The Morgan fingerprint density at radius 3 is 2.83 bits per heavy atom. The smallest absolute Gasteiger partial charge is 0.0372 e. The highest BCUT2D eigenvalue weighted by Gasteiger charge is 2.20. The van der Waals surface area contributed by atoms with Crippen LogP contribution in [0.15, 0.2) is 18.2 Å². The molecular weight excluding hydrogens is 220 g/mol. The Balaban J connectivity index is 1.89. The van der Waals surface area contributed by atoms with Crippen LogP contribution in [0.2, 0.25) is 0 Å². The summed E-state index contributed by atoms with van der Waals surface area (Å²) >= 11 is 0. The molecule has 18 heavy (non-hydrogen) atoms. The van der Waals surface area contributed by atoms with Crippen LogP contribution in [-0.2, 0) is 0 Å². The predicted molar refractivity (Wildman–Crippen MR) is 79.2 cm³/mol. The summed E-state index contributed by atoms with van der Waals surface area (Å²) in [4.78, 5) is 0. The Morgan fingerprint density at radius 1 is 1.22 bits per heavy atom. The molecule has 0 aliphatic heterocycles. The highest BCUT2D eigenvalue weighted by atomic mass is 14.9. The lowest BCUT2D eigenvalue weighted by molar-refractivity contribution is 0.306. The van der Waals surface area contributed by atoms with E-state index in [4.69, 9.17) is 0 Å². The number of anilines is 1. The van der Waals surface area contributed by atoms with Crippen LogP contribution in [0.1, 0.15) is 36.8 Å². The number of benzene rings is 1. The van der Waals surface area contributed by atoms with Gasteiger partial charge in [0.1, 0.15) is 0 Å². The third-order valence-electron chi connectivity index (χ3n) is 4.17. The van der Waals surface area contributed by atoms with Gasteiger partial charge in [-0.25, -0.2) is 0 Å². The highest BCUT2D eigenvalue weighted by molar-refractivity contribution is 5.52. The zero-order valence-corrected chi connectivity index (χ0v) is 11.9. The van der Waals surface area contributed by atoms with E-state index in [2.05, 4.69) is 49.7 Å². The van der Waals surface area contributed by atoms with Gasteiger partial charge in [0.2, 0.25) is 0 Å². The van der Waals surface area contributed by atoms with E-state index in [1.807, 2.05) is 0 Å². The van der Waals surface area contributed by atoms with E-state index < -0.39 is 0 Å². The van der Waals surface area contributed by atoms with Gasteiger partial charge >= 0.3 is 0 Å². The molecule has 2 heteroatoms. The molecule has 1 aromatic rings. The van der Waals surface area contributed by atoms with Crippen LogP contribution in [-0.4, -0.2) is 19.6 Å². The molecule has 2 rings (SSSR count). The fraction of sp³-hybridized carbons (Fsp3) is 0.625. The normalized spacial score (nSPS) is 23.9. The second kappa shape index (κ2) is 6.24. The van der Waals surface area contributed by atoms with E-state index in [-0.39, 0.29) is 0 Å². The van der Waals surface area contributed by atoms with E-state index in [1.165, 1.54) is 42.5 Å². The van der Waals surface area contributed by atoms with Gasteiger partial charge in [-0.3, -0.25) is 0 Å². The first kappa shape index (κ1) is 13.4. The van der Waals surface area contributed by atoms with Crippen molar-refractivity contribution in [1.82, 2.24) is 5.32 Å². The molecule has 0 spiro atoms. The summed E-state index contributed by atoms with van der Waals surface area (Å²) in [5.74, 6) is 0.816. The molecule has 0 amide bonds. The van der Waals surface area contributed by atoms with Crippen molar-refractivity contribution < 1.29 is 0 Å². The van der Waals surface area contributed by atoms with Gasteiger partial charge < -0.3 is 10.6 Å². The zero-order chi connectivity index (χ0) is 13.0. The molecule has 1 aliphatic carbocycles. The summed E-state index contributed by atoms with van der Waals surface area (Å²) in [5, 5.41) is 7.07. The Morgan fingerprint density at radius 2 is 2.06 bits per heavy atom. The molecule has 2 N–H and O–H groups in total. The maximum atomic E-state index is 3.64. The second-order valence-electron chi connectivity index (χ2n) is 5.72. The molecule has 0 radical (unpaired) electrons. The fourth-order valence-electron chi connectivity index (χ4n) is 2.92. The lowest BCUT2D eigenvalue weighted by atomic mass is 9.85. The maximum absolute atomic E-state index is 3.64. The first-order chi connectivity index (χ1) is 8.69. The molecule has 2 atom stereocenters. The van der Waals surface area contributed by atoms with Crippen molar-refractivity contribution in [1.29, 1.82) is 0 Å². The van der Waals surface area contributed by atoms with Gasteiger partial charge in [-0.05, 0) is 63.3 Å². The van der Waals surface area contributed by atoms with Gasteiger partial charge in [0, 0.05) is 18.3 Å². The number of hydrogen-bond acceptors (Lipinski definition) is 2. The fourth-order valence-corrected chi connectivity index (χ4v) is 2.92. The minimum Gasteiger partial charge on any atom is -0.385 e. The van der Waals surface area contributed by atoms with Crippen LogP contribution >= 0.6 is 0 Å². The largest absolute Gasteiger partial charge is 0.385 e. The molecule has 2 unspecified atom stereocenters. The van der Waals surface area contributed by atoms with Gasteiger partial charge in [0.05, 0.1) is 0 Å². The monoisotopic (exact) mass is 246 g/mol. The molecule has 0 heterocycles. The lowest BCUT2D eigenvalue weighted by Crippen LogP contribution is -2.33. The average molecular weight is 246 g/mol. The van der Waals surface area contributed by atoms with E-state index in [1.54, 1.807) is 0 Å². The molecule has 2 nitrogen and oxygen atoms in total. The summed E-state index contributed by atoms with van der Waals surface area (Å²) in [7, 11) is 2.09. The molecule has 1 aromatic carbocycles. The van der Waals surface area contributed by atoms with Crippen molar-refractivity contribution in [3.63, 3.8) is 0 Å². The summed E-state index contributed by atoms with van der Waals surface area (Å²) in [5.41, 5.74) is 3.99. The minimum atomic E-state index is 0.726. The molecule has 1 fully saturated rings. The van der Waals surface area contributed by atoms with E-state index in [9.17, 15) is 0 Å². The second-order valence-corrected chi connectivity index (χ2v) is 5.72. The van der Waals surface area contributed by atoms with Crippen molar-refractivity contribution in [2.75, 3.05) is 18.9 Å². The minimum absolute atomic E-state index is 0.726. The number of rotatable bonds is 4. The Labute approximate surface area is 111 Å². The average Bonchev–Trinajstić information content (AvgIpc) is 2.40. The summed E-state index contributed by atoms with van der Waals surface area (Å²) < 4.78 is 0. The van der Waals surface area contributed by atoms with Crippen LogP contribution in [0.3, 0.4) is 0 Å². The number of aryl methyl sites for hydroxylation is 2. The van der Waals surface area contributed by atoms with Crippen LogP contribution in [0.25, 0.3) is 0 Å². The van der Waals surface area contributed by atoms with Crippen molar-refractivity contribution in [2.45, 2.75) is 45.6 Å². The molecule has 100 valence electrons. The molecule has 1 aliphatic rings. The maximum Gasteiger partial charge on any atom is 0.0372 e. The van der Waals surface area contributed by atoms with Gasteiger partial charge in [0.25, 0.3) is 0 Å². The van der Waals surface area contributed by atoms with Crippen molar-refractivity contribution in [2.24, 2.45) is 5.92 Å². The summed E-state index contributed by atoms with van der Waals surface area (Å²) in [6.07, 6.45) is 5.39. The lowest BCUT2D eigenvalue weighted by Gasteiger charge is -2.29. The molecular formula is C16H26N2. The number of nitrogens with one attached hydrogen (secondary N) is 2. The summed E-state index contributed by atoms with van der Waals surface area (Å²) in [6, 6.07) is 7.37. The van der Waals surface area contributed by atoms with Crippen LogP contribution in [0.4, 0.5) is 5.69 Å². The van der Waals surface area contributed by atoms with Gasteiger partial charge in [-0.2, -0.15) is 0 Å². The first-order valence-corrected chi connectivity index (χ1v) is 7.17. The van der Waals surface area contributed by atoms with Crippen LogP contribution in [0, 0.1) is 19.8 Å². The Kier molecular flexibility index (Phi) is 4.65. The standard InChI is InChI=1S/C16H26N2/c1-12-7-8-13(2)16(9-12)18-11-14-5-4-6-15(10-14)17-3/h7-9,14-15,17-18H,4-6,10-11H2,1-3H3. The van der Waals surface area contributed by atoms with E-state index in [0.717, 1.165) is 18.5 Å². The molecule has 0 bridgehead atoms. The zero-order valence-electron chi connectivity index (χ0n) is 11.9. The van der Waals surface area contributed by atoms with Gasteiger partial charge in [-0.15, -0.1) is 0 Å². The van der Waals surface area contributed by atoms with Crippen molar-refractivity contribution in [3.05, 3.63) is 29.3 Å². The molecule has 0 saturated heterocycles. The van der Waals surface area contributed by atoms with Gasteiger partial charge in [0.15, 0.2) is 0 Å². The topological polar surface area (TPSA) is 24.1 Å². The SMILES string of the molecule is CNC1CCCC(CNc2cc(C)ccc2C)C1. The first-order valence-electron chi connectivity index (χ1n) is 7.17. The quantitative estimate of drug-likeness (QED) is 0.849. The number of hydrogen-bond donors (Lipinski definition) is 2.